The van der Waals surface area contributed by atoms with Crippen LogP contribution in [0, 0.1) is 13.8 Å². The average Bonchev–Trinajstić information content (AvgIpc) is 2.86. The van der Waals surface area contributed by atoms with Gasteiger partial charge in [0.1, 0.15) is 5.75 Å². The van der Waals surface area contributed by atoms with Gasteiger partial charge in [0, 0.05) is 24.1 Å². The first-order chi connectivity index (χ1) is 18.3. The van der Waals surface area contributed by atoms with E-state index in [0.29, 0.717) is 38.4 Å². The molecule has 1 unspecified atom stereocenters. The molecule has 204 valence electrons. The van der Waals surface area contributed by atoms with E-state index in [1.54, 1.807) is 43.4 Å². The smallest absolute Gasteiger partial charge is 0.478 e. The molecule has 0 fully saturated rings. The van der Waals surface area contributed by atoms with Crippen LogP contribution in [0.5, 0.6) is 5.75 Å². The van der Waals surface area contributed by atoms with E-state index in [4.69, 9.17) is 4.98 Å². The summed E-state index contributed by atoms with van der Waals surface area (Å²) in [6.07, 6.45) is -4.80. The van der Waals surface area contributed by atoms with Crippen LogP contribution >= 0.6 is 11.8 Å². The van der Waals surface area contributed by atoms with Crippen molar-refractivity contribution in [2.45, 2.75) is 44.1 Å². The third kappa shape index (κ3) is 6.36. The summed E-state index contributed by atoms with van der Waals surface area (Å²) in [5, 5.41) is 13.6. The van der Waals surface area contributed by atoms with Gasteiger partial charge >= 0.3 is 12.3 Å². The summed E-state index contributed by atoms with van der Waals surface area (Å²) in [6, 6.07) is 14.4. The van der Waals surface area contributed by atoms with Gasteiger partial charge in [0.15, 0.2) is 5.16 Å². The zero-order chi connectivity index (χ0) is 28.5. The lowest BCUT2D eigenvalue weighted by molar-refractivity contribution is -0.274. The maximum Gasteiger partial charge on any atom is 0.573 e. The molecular weight excluding hydrogens is 531 g/mol. The number of carboxylic acid groups (broad SMARTS) is 1. The largest absolute Gasteiger partial charge is 0.573 e. The molecule has 0 saturated heterocycles. The lowest BCUT2D eigenvalue weighted by atomic mass is 10.0. The monoisotopic (exact) mass is 557 g/mol. The number of hydrogen-bond acceptors (Lipinski definition) is 6. The van der Waals surface area contributed by atoms with E-state index in [1.807, 2.05) is 19.9 Å². The molecule has 3 aromatic carbocycles. The van der Waals surface area contributed by atoms with Crippen LogP contribution in [-0.2, 0) is 12.8 Å². The Bertz CT molecular complexity index is 1620. The minimum absolute atomic E-state index is 0.119. The first kappa shape index (κ1) is 28.0. The molecule has 11 heteroatoms. The Morgan fingerprint density at radius 2 is 1.87 bits per heavy atom. The van der Waals surface area contributed by atoms with Gasteiger partial charge in [-0.15, -0.1) is 13.2 Å². The van der Waals surface area contributed by atoms with Crippen molar-refractivity contribution < 1.29 is 27.8 Å². The number of nitrogens with one attached hydrogen (secondary N) is 1. The topological polar surface area (TPSA) is 93.4 Å². The molecule has 0 aliphatic heterocycles. The van der Waals surface area contributed by atoms with E-state index in [1.165, 1.54) is 35.4 Å². The number of anilines is 1. The second-order valence-electron chi connectivity index (χ2n) is 9.16. The predicted octanol–water partition coefficient (Wildman–Crippen LogP) is 6.61. The number of benzene rings is 3. The van der Waals surface area contributed by atoms with Crippen LogP contribution in [0.1, 0.15) is 45.6 Å². The zero-order valence-corrected chi connectivity index (χ0v) is 22.4. The number of ether oxygens (including phenoxy) is 1. The van der Waals surface area contributed by atoms with E-state index >= 15 is 0 Å². The summed E-state index contributed by atoms with van der Waals surface area (Å²) in [6.45, 7) is 5.24. The maximum absolute atomic E-state index is 13.3. The first-order valence-corrected chi connectivity index (χ1v) is 12.9. The van der Waals surface area contributed by atoms with Gasteiger partial charge in [0.2, 0.25) is 0 Å². The molecule has 39 heavy (non-hydrogen) atoms. The zero-order valence-electron chi connectivity index (χ0n) is 21.6. The summed E-state index contributed by atoms with van der Waals surface area (Å²) >= 11 is 1.21. The molecule has 1 atom stereocenters. The fraction of sp³-hybridized carbons (Fsp3) is 0.250. The Morgan fingerprint density at radius 3 is 2.56 bits per heavy atom. The summed E-state index contributed by atoms with van der Waals surface area (Å²) < 4.78 is 43.9. The highest BCUT2D eigenvalue weighted by atomic mass is 32.2. The highest BCUT2D eigenvalue weighted by Crippen LogP contribution is 2.32. The van der Waals surface area contributed by atoms with Gasteiger partial charge in [-0.1, -0.05) is 42.1 Å². The molecular formula is C28H26F3N3O4S. The number of para-hydroxylation sites is 1. The Hall–Kier alpha value is -3.99. The highest BCUT2D eigenvalue weighted by Gasteiger charge is 2.31. The van der Waals surface area contributed by atoms with Crippen molar-refractivity contribution in [3.05, 3.63) is 92.8 Å². The number of carbonyl (C=O) groups is 1. The molecule has 1 aromatic heterocycles. The van der Waals surface area contributed by atoms with Crippen molar-refractivity contribution in [1.82, 2.24) is 9.55 Å². The number of thioether (sulfide) groups is 1. The number of carboxylic acids is 1. The number of alkyl halides is 3. The fourth-order valence-electron chi connectivity index (χ4n) is 4.22. The van der Waals surface area contributed by atoms with E-state index in [9.17, 15) is 27.9 Å². The lowest BCUT2D eigenvalue weighted by Gasteiger charge is -2.20. The molecule has 0 radical (unpaired) electrons. The normalized spacial score (nSPS) is 12.4. The summed E-state index contributed by atoms with van der Waals surface area (Å²) in [7, 11) is 1.59. The molecule has 4 aromatic rings. The van der Waals surface area contributed by atoms with Crippen molar-refractivity contribution >= 4 is 34.3 Å². The molecule has 0 bridgehead atoms. The molecule has 0 aliphatic carbocycles. The molecule has 0 saturated carbocycles. The maximum atomic E-state index is 13.3. The van der Waals surface area contributed by atoms with Gasteiger partial charge in [-0.05, 0) is 61.7 Å². The molecule has 7 nitrogen and oxygen atoms in total. The van der Waals surface area contributed by atoms with Crippen molar-refractivity contribution in [2.75, 3.05) is 5.32 Å². The summed E-state index contributed by atoms with van der Waals surface area (Å²) in [5.41, 5.74) is 3.22. The standard InChI is InChI=1S/C28H26F3N3O4S/c1-15-11-20(17(3)32-22-8-6-5-7-19(22)26(36)37)24-21(12-15)25(35)34(4)27(33-24)39-14-18-10-9-16(2)23(13-18)38-28(29,30)31/h5-13,17,32H,14H2,1-4H3,(H,36,37). The molecule has 0 amide bonds. The van der Waals surface area contributed by atoms with Crippen molar-refractivity contribution in [1.29, 1.82) is 0 Å². The van der Waals surface area contributed by atoms with E-state index in [0.717, 1.165) is 5.56 Å². The lowest BCUT2D eigenvalue weighted by Crippen LogP contribution is -2.21. The highest BCUT2D eigenvalue weighted by molar-refractivity contribution is 7.98. The van der Waals surface area contributed by atoms with Gasteiger partial charge in [-0.2, -0.15) is 0 Å². The van der Waals surface area contributed by atoms with Gasteiger partial charge in [0.05, 0.1) is 22.5 Å². The van der Waals surface area contributed by atoms with Crippen molar-refractivity contribution in [3.8, 4) is 5.75 Å². The quantitative estimate of drug-likeness (QED) is 0.186. The summed E-state index contributed by atoms with van der Waals surface area (Å²) in [4.78, 5) is 29.7. The third-order valence-corrected chi connectivity index (χ3v) is 7.26. The van der Waals surface area contributed by atoms with Crippen LogP contribution in [0.3, 0.4) is 0 Å². The van der Waals surface area contributed by atoms with Crippen LogP contribution < -0.4 is 15.6 Å². The van der Waals surface area contributed by atoms with Crippen LogP contribution in [0.25, 0.3) is 10.9 Å². The SMILES string of the molecule is Cc1cc(C(C)Nc2ccccc2C(=O)O)c2nc(SCc3ccc(C)c(OC(F)(F)F)c3)n(C)c(=O)c2c1. The number of hydrogen-bond donors (Lipinski definition) is 2. The van der Waals surface area contributed by atoms with E-state index in [2.05, 4.69) is 10.1 Å². The Labute approximate surface area is 226 Å². The molecule has 0 aliphatic rings. The number of aryl methyl sites for hydroxylation is 2. The third-order valence-electron chi connectivity index (χ3n) is 6.16. The Morgan fingerprint density at radius 1 is 1.15 bits per heavy atom. The van der Waals surface area contributed by atoms with Crippen molar-refractivity contribution in [3.63, 3.8) is 0 Å². The first-order valence-electron chi connectivity index (χ1n) is 11.9. The van der Waals surface area contributed by atoms with Crippen molar-refractivity contribution in [2.24, 2.45) is 7.05 Å². The Balaban J connectivity index is 1.69. The number of aromatic carboxylic acids is 1. The second kappa shape index (κ2) is 11.0. The number of halogens is 3. The summed E-state index contributed by atoms with van der Waals surface area (Å²) in [5.74, 6) is -1.09. The Kier molecular flexibility index (Phi) is 7.91. The van der Waals surface area contributed by atoms with Gasteiger partial charge in [-0.25, -0.2) is 9.78 Å². The van der Waals surface area contributed by atoms with Crippen LogP contribution in [-0.4, -0.2) is 27.0 Å². The predicted molar refractivity (Wildman–Crippen MR) is 145 cm³/mol. The van der Waals surface area contributed by atoms with Crippen LogP contribution in [0.4, 0.5) is 18.9 Å². The second-order valence-corrected chi connectivity index (χ2v) is 10.1. The van der Waals surface area contributed by atoms with Crippen LogP contribution in [0.2, 0.25) is 0 Å². The van der Waals surface area contributed by atoms with Gasteiger partial charge in [-0.3, -0.25) is 9.36 Å². The van der Waals surface area contributed by atoms with E-state index < -0.39 is 18.4 Å². The number of fused-ring (bicyclic) bond motifs is 1. The number of rotatable bonds is 8. The molecule has 2 N–H and O–H groups in total. The minimum atomic E-state index is -4.80. The van der Waals surface area contributed by atoms with Gasteiger partial charge in [0.25, 0.3) is 5.56 Å². The van der Waals surface area contributed by atoms with E-state index in [-0.39, 0.29) is 22.6 Å². The average molecular weight is 558 g/mol. The van der Waals surface area contributed by atoms with Gasteiger partial charge < -0.3 is 15.2 Å². The molecule has 0 spiro atoms. The molecule has 4 rings (SSSR count). The number of nitrogens with zero attached hydrogens (tertiary/aromatic N) is 2. The molecule has 1 heterocycles. The minimum Gasteiger partial charge on any atom is -0.478 e. The number of aromatic nitrogens is 2. The fourth-order valence-corrected chi connectivity index (χ4v) is 5.12. The van der Waals surface area contributed by atoms with Crippen LogP contribution in [0.15, 0.2) is 64.5 Å².